The van der Waals surface area contributed by atoms with E-state index in [4.69, 9.17) is 24.2 Å². The lowest BCUT2D eigenvalue weighted by Crippen LogP contribution is -2.42. The normalized spacial score (nSPS) is 17.6. The molecule has 62 heavy (non-hydrogen) atoms. The quantitative estimate of drug-likeness (QED) is 0.108. The standard InChI is InChI=1S/C47H46N8O7/c1-60-46(58)52-39(30-11-5-3-6-12-30)44(56)54-23-9-15-36(54)42-48-26-34(49-42)29-19-17-28(18-20-29)32-21-22-33-38(25-32)62-27-35-41(33)51-43(50-35)37-16-10-24-55(37)45(57)40(53-47(59)61-2)31-13-7-4-8-14-31/h3-8,11-14,17-22,25-26,36-37,39-40H,9-10,15-16,23-24,27H2,1-2H3,(H,48,49)(H,50,51)(H,52,58)(H,53,59)/t36-,37-,39+,40+/m0/s1. The predicted octanol–water partition coefficient (Wildman–Crippen LogP) is 7.55. The van der Waals surface area contributed by atoms with E-state index in [9.17, 15) is 19.2 Å². The van der Waals surface area contributed by atoms with Gasteiger partial charge >= 0.3 is 12.2 Å². The monoisotopic (exact) mass is 834 g/mol. The molecule has 3 aliphatic rings. The third-order valence-corrected chi connectivity index (χ3v) is 11.9. The highest BCUT2D eigenvalue weighted by Crippen LogP contribution is 2.42. The molecule has 0 aliphatic carbocycles. The van der Waals surface area contributed by atoms with E-state index in [1.165, 1.54) is 14.2 Å². The zero-order valence-electron chi connectivity index (χ0n) is 34.3. The molecule has 3 aliphatic heterocycles. The lowest BCUT2D eigenvalue weighted by molar-refractivity contribution is -0.135. The van der Waals surface area contributed by atoms with Crippen LogP contribution in [0.25, 0.3) is 33.6 Å². The summed E-state index contributed by atoms with van der Waals surface area (Å²) < 4.78 is 16.0. The van der Waals surface area contributed by atoms with Gasteiger partial charge in [-0.1, -0.05) is 91.0 Å². The van der Waals surface area contributed by atoms with Crippen LogP contribution < -0.4 is 15.4 Å². The molecule has 4 amide bonds. The van der Waals surface area contributed by atoms with Crippen LogP contribution >= 0.6 is 0 Å². The molecule has 316 valence electrons. The molecule has 5 heterocycles. The number of aromatic nitrogens is 4. The second-order valence-electron chi connectivity index (χ2n) is 15.5. The Balaban J connectivity index is 0.895. The Morgan fingerprint density at radius 1 is 0.694 bits per heavy atom. The number of benzene rings is 4. The van der Waals surface area contributed by atoms with Gasteiger partial charge in [0.2, 0.25) is 0 Å². The average Bonchev–Trinajstić information content (AvgIpc) is 4.17. The molecule has 2 saturated heterocycles. The van der Waals surface area contributed by atoms with Crippen LogP contribution in [0.3, 0.4) is 0 Å². The minimum absolute atomic E-state index is 0.222. The van der Waals surface area contributed by atoms with Gasteiger partial charge in [-0.3, -0.25) is 9.59 Å². The van der Waals surface area contributed by atoms with Crippen LogP contribution in [0, 0.1) is 0 Å². The number of carbonyl (C=O) groups excluding carboxylic acids is 4. The summed E-state index contributed by atoms with van der Waals surface area (Å²) in [5.41, 5.74) is 7.58. The van der Waals surface area contributed by atoms with Crippen molar-refractivity contribution in [3.05, 3.63) is 138 Å². The summed E-state index contributed by atoms with van der Waals surface area (Å²) in [6.07, 6.45) is 3.50. The highest BCUT2D eigenvalue weighted by Gasteiger charge is 2.39. The minimum atomic E-state index is -0.903. The Hall–Kier alpha value is -7.42. The van der Waals surface area contributed by atoms with Gasteiger partial charge in [-0.05, 0) is 65.6 Å². The van der Waals surface area contributed by atoms with Crippen LogP contribution in [0.15, 0.2) is 109 Å². The fraction of sp³-hybridized carbons (Fsp3) is 0.277. The molecule has 2 fully saturated rings. The molecule has 0 unspecified atom stereocenters. The van der Waals surface area contributed by atoms with Crippen molar-refractivity contribution in [3.63, 3.8) is 0 Å². The molecule has 0 spiro atoms. The summed E-state index contributed by atoms with van der Waals surface area (Å²) in [5, 5.41) is 5.43. The van der Waals surface area contributed by atoms with E-state index < -0.39 is 24.3 Å². The van der Waals surface area contributed by atoms with E-state index in [0.717, 1.165) is 65.0 Å². The van der Waals surface area contributed by atoms with E-state index in [-0.39, 0.29) is 23.9 Å². The number of likely N-dealkylation sites (tertiary alicyclic amines) is 2. The number of hydrogen-bond donors (Lipinski definition) is 4. The van der Waals surface area contributed by atoms with Crippen molar-refractivity contribution in [2.75, 3.05) is 27.3 Å². The van der Waals surface area contributed by atoms with Gasteiger partial charge in [0, 0.05) is 18.7 Å². The number of hydrogen-bond acceptors (Lipinski definition) is 9. The van der Waals surface area contributed by atoms with Crippen molar-refractivity contribution in [3.8, 4) is 39.4 Å². The number of aromatic amines is 2. The molecule has 4 atom stereocenters. The smallest absolute Gasteiger partial charge is 0.407 e. The first-order chi connectivity index (χ1) is 30.3. The first-order valence-corrected chi connectivity index (χ1v) is 20.7. The number of nitrogens with one attached hydrogen (secondary N) is 4. The second-order valence-corrected chi connectivity index (χ2v) is 15.5. The molecule has 0 radical (unpaired) electrons. The molecular formula is C47H46N8O7. The fourth-order valence-electron chi connectivity index (χ4n) is 8.76. The van der Waals surface area contributed by atoms with E-state index >= 15 is 0 Å². The van der Waals surface area contributed by atoms with Gasteiger partial charge in [-0.25, -0.2) is 19.6 Å². The SMILES string of the molecule is COC(=O)N[C@@H](C(=O)N1CCC[C@H]1c1ncc(-c2ccc(-c3ccc4c(c3)OCc3[nH]c([C@@H]5CCCN5C(=O)[C@H](NC(=O)OC)c5ccccc5)nc3-4)cc2)[nH]1)c1ccccc1. The zero-order chi connectivity index (χ0) is 42.7. The number of methoxy groups -OCH3 is 2. The summed E-state index contributed by atoms with van der Waals surface area (Å²) in [4.78, 5) is 72.8. The van der Waals surface area contributed by atoms with Gasteiger partial charge in [0.25, 0.3) is 11.8 Å². The summed E-state index contributed by atoms with van der Waals surface area (Å²) in [6, 6.07) is 30.2. The van der Waals surface area contributed by atoms with Gasteiger partial charge in [-0.15, -0.1) is 0 Å². The maximum Gasteiger partial charge on any atom is 0.407 e. The van der Waals surface area contributed by atoms with Crippen molar-refractivity contribution in [1.82, 2.24) is 40.4 Å². The number of amides is 4. The Morgan fingerprint density at radius 2 is 1.24 bits per heavy atom. The summed E-state index contributed by atoms with van der Waals surface area (Å²) >= 11 is 0. The molecule has 6 aromatic rings. The van der Waals surface area contributed by atoms with Crippen LogP contribution in [0.4, 0.5) is 9.59 Å². The molecule has 4 aromatic carbocycles. The van der Waals surface area contributed by atoms with Crippen molar-refractivity contribution in [1.29, 1.82) is 0 Å². The van der Waals surface area contributed by atoms with Crippen LogP contribution in [-0.2, 0) is 25.7 Å². The first kappa shape index (κ1) is 40.0. The third-order valence-electron chi connectivity index (χ3n) is 11.9. The van der Waals surface area contributed by atoms with E-state index in [1.807, 2.05) is 91.0 Å². The second kappa shape index (κ2) is 17.3. The Labute approximate surface area is 357 Å². The van der Waals surface area contributed by atoms with Gasteiger partial charge in [0.15, 0.2) is 0 Å². The van der Waals surface area contributed by atoms with E-state index in [1.54, 1.807) is 16.0 Å². The predicted molar refractivity (Wildman–Crippen MR) is 228 cm³/mol. The third kappa shape index (κ3) is 7.84. The molecule has 15 heteroatoms. The number of H-pyrrole nitrogens is 2. The van der Waals surface area contributed by atoms with Crippen LogP contribution in [0.1, 0.15) is 78.3 Å². The lowest BCUT2D eigenvalue weighted by atomic mass is 9.99. The van der Waals surface area contributed by atoms with E-state index in [0.29, 0.717) is 48.2 Å². The molecule has 15 nitrogen and oxygen atoms in total. The molecular weight excluding hydrogens is 789 g/mol. The van der Waals surface area contributed by atoms with Gasteiger partial charge in [-0.2, -0.15) is 0 Å². The molecule has 4 N–H and O–H groups in total. The highest BCUT2D eigenvalue weighted by molar-refractivity contribution is 5.88. The maximum absolute atomic E-state index is 14.0. The number of fused-ring (bicyclic) bond motifs is 3. The van der Waals surface area contributed by atoms with Crippen molar-refractivity contribution < 1.29 is 33.4 Å². The van der Waals surface area contributed by atoms with Gasteiger partial charge in [0.05, 0.1) is 49.6 Å². The Bertz CT molecular complexity index is 2590. The van der Waals surface area contributed by atoms with Gasteiger partial charge in [0.1, 0.15) is 36.1 Å². The number of imidazole rings is 2. The fourth-order valence-corrected chi connectivity index (χ4v) is 8.76. The Morgan fingerprint density at radius 3 is 1.82 bits per heavy atom. The van der Waals surface area contributed by atoms with Crippen molar-refractivity contribution >= 4 is 24.0 Å². The van der Waals surface area contributed by atoms with Crippen LogP contribution in [0.2, 0.25) is 0 Å². The molecule has 9 rings (SSSR count). The zero-order valence-corrected chi connectivity index (χ0v) is 34.3. The summed E-state index contributed by atoms with van der Waals surface area (Å²) in [7, 11) is 2.56. The largest absolute Gasteiger partial charge is 0.487 e. The van der Waals surface area contributed by atoms with Crippen LogP contribution in [0.5, 0.6) is 5.75 Å². The topological polar surface area (TPSA) is 184 Å². The van der Waals surface area contributed by atoms with Gasteiger partial charge < -0.3 is 44.6 Å². The number of carbonyl (C=O) groups is 4. The van der Waals surface area contributed by atoms with Crippen LogP contribution in [-0.4, -0.2) is 81.0 Å². The molecule has 0 bridgehead atoms. The Kier molecular flexibility index (Phi) is 11.2. The number of rotatable bonds is 10. The maximum atomic E-state index is 14.0. The summed E-state index contributed by atoms with van der Waals surface area (Å²) in [6.45, 7) is 1.38. The average molecular weight is 835 g/mol. The van der Waals surface area contributed by atoms with E-state index in [2.05, 4.69) is 32.7 Å². The number of alkyl carbamates (subject to hydrolysis) is 2. The lowest BCUT2D eigenvalue weighted by Gasteiger charge is -2.28. The molecule has 0 saturated carbocycles. The highest BCUT2D eigenvalue weighted by atomic mass is 16.5. The minimum Gasteiger partial charge on any atom is -0.487 e. The molecule has 2 aromatic heterocycles. The van der Waals surface area contributed by atoms with Crippen molar-refractivity contribution in [2.24, 2.45) is 0 Å². The van der Waals surface area contributed by atoms with Crippen molar-refractivity contribution in [2.45, 2.75) is 56.5 Å². The first-order valence-electron chi connectivity index (χ1n) is 20.7. The number of nitrogens with zero attached hydrogens (tertiary/aromatic N) is 4. The number of ether oxygens (including phenoxy) is 3. The summed E-state index contributed by atoms with van der Waals surface area (Å²) in [5.74, 6) is 1.64.